The third-order valence-electron chi connectivity index (χ3n) is 2.82. The van der Waals surface area contributed by atoms with Gasteiger partial charge in [-0.05, 0) is 30.5 Å². The molecular weight excluding hydrogens is 292 g/mol. The molecule has 21 heavy (non-hydrogen) atoms. The van der Waals surface area contributed by atoms with Crippen LogP contribution < -0.4 is 11.2 Å². The van der Waals surface area contributed by atoms with Crippen LogP contribution in [0.4, 0.5) is 4.79 Å². The molecule has 0 unspecified atom stereocenters. The number of nitrogens with one attached hydrogen (secondary N) is 1. The van der Waals surface area contributed by atoms with Crippen LogP contribution in [0.25, 0.3) is 0 Å². The summed E-state index contributed by atoms with van der Waals surface area (Å²) in [6.07, 6.45) is 5.31. The minimum atomic E-state index is -0.692. The molecule has 0 bridgehead atoms. The number of primary amides is 1. The molecule has 0 aliphatic rings. The Morgan fingerprint density at radius 1 is 1.38 bits per heavy atom. The van der Waals surface area contributed by atoms with Crippen molar-refractivity contribution in [3.8, 4) is 0 Å². The number of hydrogen-bond acceptors (Lipinski definition) is 3. The number of imidazole rings is 1. The summed E-state index contributed by atoms with van der Waals surface area (Å²) in [6, 6.07) is 7.04. The van der Waals surface area contributed by atoms with Gasteiger partial charge in [0.1, 0.15) is 0 Å². The summed E-state index contributed by atoms with van der Waals surface area (Å²) in [7, 11) is 0. The Labute approximate surface area is 127 Å². The molecule has 6 nitrogen and oxygen atoms in total. The zero-order valence-corrected chi connectivity index (χ0v) is 12.2. The van der Waals surface area contributed by atoms with E-state index in [0.717, 1.165) is 35.7 Å². The molecule has 2 amide bonds. The smallest absolute Gasteiger partial charge is 0.336 e. The molecule has 1 aromatic heterocycles. The van der Waals surface area contributed by atoms with Crippen molar-refractivity contribution < 1.29 is 9.63 Å². The van der Waals surface area contributed by atoms with Crippen molar-refractivity contribution in [3.63, 3.8) is 0 Å². The molecule has 0 spiro atoms. The number of aromatic nitrogens is 2. The molecule has 0 aliphatic heterocycles. The molecule has 2 rings (SSSR count). The lowest BCUT2D eigenvalue weighted by Crippen LogP contribution is -2.29. The van der Waals surface area contributed by atoms with Gasteiger partial charge >= 0.3 is 6.03 Å². The van der Waals surface area contributed by atoms with Gasteiger partial charge in [0.05, 0.1) is 18.6 Å². The maximum absolute atomic E-state index is 10.4. The van der Waals surface area contributed by atoms with Crippen LogP contribution in [0.1, 0.15) is 17.7 Å². The Bertz CT molecular complexity index is 583. The maximum atomic E-state index is 10.4. The number of rotatable bonds is 7. The van der Waals surface area contributed by atoms with E-state index in [1.54, 1.807) is 6.33 Å². The first-order chi connectivity index (χ1) is 10.1. The molecule has 0 aliphatic carbocycles. The van der Waals surface area contributed by atoms with Crippen LogP contribution in [0.15, 0.2) is 36.8 Å². The highest BCUT2D eigenvalue weighted by atomic mass is 35.5. The number of benzene rings is 1. The molecule has 0 saturated carbocycles. The number of nitrogens with zero attached hydrogens (tertiary/aromatic N) is 2. The van der Waals surface area contributed by atoms with Crippen molar-refractivity contribution in [2.75, 3.05) is 6.61 Å². The highest BCUT2D eigenvalue weighted by Crippen LogP contribution is 2.11. The fourth-order valence-electron chi connectivity index (χ4n) is 1.87. The number of carbonyl (C=O) groups excluding carboxylic acids is 1. The molecule has 112 valence electrons. The quantitative estimate of drug-likeness (QED) is 0.607. The fourth-order valence-corrected chi connectivity index (χ4v) is 2.00. The van der Waals surface area contributed by atoms with Gasteiger partial charge in [-0.25, -0.2) is 15.3 Å². The fraction of sp³-hybridized carbons (Fsp3) is 0.286. The van der Waals surface area contributed by atoms with Crippen LogP contribution in [-0.4, -0.2) is 22.2 Å². The van der Waals surface area contributed by atoms with E-state index in [2.05, 4.69) is 10.5 Å². The van der Waals surface area contributed by atoms with Gasteiger partial charge in [0.25, 0.3) is 0 Å². The van der Waals surface area contributed by atoms with E-state index in [-0.39, 0.29) is 0 Å². The van der Waals surface area contributed by atoms with Crippen LogP contribution in [0.5, 0.6) is 0 Å². The van der Waals surface area contributed by atoms with Gasteiger partial charge in [-0.3, -0.25) is 4.84 Å². The van der Waals surface area contributed by atoms with Crippen LogP contribution >= 0.6 is 11.6 Å². The van der Waals surface area contributed by atoms with E-state index in [1.165, 1.54) is 0 Å². The second kappa shape index (κ2) is 7.66. The number of aryl methyl sites for hydroxylation is 1. The molecule has 0 atom stereocenters. The summed E-state index contributed by atoms with van der Waals surface area (Å²) in [6.45, 7) is 1.15. The lowest BCUT2D eigenvalue weighted by molar-refractivity contribution is 0.0628. The Kier molecular flexibility index (Phi) is 5.59. The highest BCUT2D eigenvalue weighted by Gasteiger charge is 2.01. The minimum absolute atomic E-state index is 0.396. The number of hydrogen-bond donors (Lipinski definition) is 2. The number of carbonyl (C=O) groups is 1. The molecule has 3 N–H and O–H groups in total. The van der Waals surface area contributed by atoms with E-state index < -0.39 is 6.03 Å². The first-order valence-corrected chi connectivity index (χ1v) is 6.93. The molecule has 0 fully saturated rings. The zero-order valence-electron chi connectivity index (χ0n) is 11.5. The number of hydroxylamine groups is 1. The third kappa shape index (κ3) is 5.45. The van der Waals surface area contributed by atoms with E-state index >= 15 is 0 Å². The summed E-state index contributed by atoms with van der Waals surface area (Å²) in [4.78, 5) is 19.6. The predicted octanol–water partition coefficient (Wildman–Crippen LogP) is 2.12. The van der Waals surface area contributed by atoms with Gasteiger partial charge < -0.3 is 10.3 Å². The summed E-state index contributed by atoms with van der Waals surface area (Å²) in [5, 5.41) is 0.731. The summed E-state index contributed by atoms with van der Waals surface area (Å²) < 4.78 is 2.01. The Morgan fingerprint density at radius 2 is 2.14 bits per heavy atom. The number of amides is 2. The average molecular weight is 309 g/mol. The Hall–Kier alpha value is -2.05. The van der Waals surface area contributed by atoms with Gasteiger partial charge in [-0.2, -0.15) is 0 Å². The van der Waals surface area contributed by atoms with Gasteiger partial charge in [0, 0.05) is 17.8 Å². The molecule has 2 aromatic rings. The summed E-state index contributed by atoms with van der Waals surface area (Å²) in [5.41, 5.74) is 9.09. The predicted molar refractivity (Wildman–Crippen MR) is 79.8 cm³/mol. The van der Waals surface area contributed by atoms with Crippen molar-refractivity contribution in [1.82, 2.24) is 15.0 Å². The van der Waals surface area contributed by atoms with Crippen molar-refractivity contribution in [2.24, 2.45) is 5.73 Å². The Morgan fingerprint density at radius 3 is 2.86 bits per heavy atom. The number of halogens is 1. The van der Waals surface area contributed by atoms with Crippen molar-refractivity contribution in [2.45, 2.75) is 19.4 Å². The average Bonchev–Trinajstić information content (AvgIpc) is 2.88. The second-order valence-electron chi connectivity index (χ2n) is 4.58. The molecule has 7 heteroatoms. The van der Waals surface area contributed by atoms with Crippen LogP contribution in [0, 0.1) is 0 Å². The number of nitrogens with two attached hydrogens (primary N) is 1. The van der Waals surface area contributed by atoms with Crippen LogP contribution in [0.3, 0.4) is 0 Å². The molecule has 1 aromatic carbocycles. The highest BCUT2D eigenvalue weighted by molar-refractivity contribution is 6.30. The van der Waals surface area contributed by atoms with E-state index in [4.69, 9.17) is 22.2 Å². The molecule has 1 heterocycles. The lowest BCUT2D eigenvalue weighted by Gasteiger charge is -2.02. The minimum Gasteiger partial charge on any atom is -0.350 e. The van der Waals surface area contributed by atoms with Gasteiger partial charge in [0.15, 0.2) is 0 Å². The van der Waals surface area contributed by atoms with Crippen molar-refractivity contribution in [1.29, 1.82) is 0 Å². The summed E-state index contributed by atoms with van der Waals surface area (Å²) >= 11 is 5.86. The monoisotopic (exact) mass is 308 g/mol. The first-order valence-electron chi connectivity index (χ1n) is 6.56. The largest absolute Gasteiger partial charge is 0.350 e. The Balaban J connectivity index is 1.76. The van der Waals surface area contributed by atoms with Crippen molar-refractivity contribution in [3.05, 3.63) is 53.1 Å². The molecule has 0 saturated heterocycles. The standard InChI is InChI=1S/C14H17ClN4O2/c15-12-5-3-11(4-6-12)8-19-9-13(17-10-19)2-1-7-21-18-14(16)20/h3-6,9-10H,1-2,7-8H2,(H3,16,18,20). The van der Waals surface area contributed by atoms with Gasteiger partial charge in [-0.15, -0.1) is 0 Å². The van der Waals surface area contributed by atoms with E-state index in [9.17, 15) is 4.79 Å². The van der Waals surface area contributed by atoms with E-state index in [0.29, 0.717) is 6.61 Å². The molecule has 0 radical (unpaired) electrons. The van der Waals surface area contributed by atoms with Gasteiger partial charge in [0.2, 0.25) is 0 Å². The number of urea groups is 1. The van der Waals surface area contributed by atoms with E-state index in [1.807, 2.05) is 35.0 Å². The first kappa shape index (κ1) is 15.3. The lowest BCUT2D eigenvalue weighted by atomic mass is 10.2. The topological polar surface area (TPSA) is 82.2 Å². The maximum Gasteiger partial charge on any atom is 0.336 e. The second-order valence-corrected chi connectivity index (χ2v) is 5.02. The normalized spacial score (nSPS) is 10.5. The van der Waals surface area contributed by atoms with Crippen LogP contribution in [-0.2, 0) is 17.8 Å². The SMILES string of the molecule is NC(=O)NOCCCc1cn(Cc2ccc(Cl)cc2)cn1. The van der Waals surface area contributed by atoms with Gasteiger partial charge in [-0.1, -0.05) is 23.7 Å². The van der Waals surface area contributed by atoms with Crippen molar-refractivity contribution >= 4 is 17.6 Å². The third-order valence-corrected chi connectivity index (χ3v) is 3.07. The summed E-state index contributed by atoms with van der Waals surface area (Å²) in [5.74, 6) is 0. The van der Waals surface area contributed by atoms with Crippen LogP contribution in [0.2, 0.25) is 5.02 Å². The zero-order chi connectivity index (χ0) is 15.1. The molecular formula is C14H17ClN4O2.